The molecule has 0 saturated heterocycles. The van der Waals surface area contributed by atoms with Crippen LogP contribution in [0.4, 0.5) is 4.79 Å². The van der Waals surface area contributed by atoms with Gasteiger partial charge >= 0.3 is 6.09 Å². The van der Waals surface area contributed by atoms with Crippen molar-refractivity contribution in [1.82, 2.24) is 15.5 Å². The van der Waals surface area contributed by atoms with Crippen molar-refractivity contribution in [2.45, 2.75) is 38.8 Å². The fourth-order valence-electron chi connectivity index (χ4n) is 1.91. The number of benzene rings is 1. The van der Waals surface area contributed by atoms with E-state index in [1.807, 2.05) is 6.07 Å². The fourth-order valence-corrected chi connectivity index (χ4v) is 2.31. The molecule has 1 unspecified atom stereocenters. The number of hydrogen-bond donors (Lipinski definition) is 1. The first-order valence-corrected chi connectivity index (χ1v) is 7.71. The molecule has 23 heavy (non-hydrogen) atoms. The van der Waals surface area contributed by atoms with Gasteiger partial charge in [-0.05, 0) is 32.4 Å². The van der Waals surface area contributed by atoms with E-state index >= 15 is 0 Å². The first-order valence-electron chi connectivity index (χ1n) is 6.95. The molecule has 0 fully saturated rings. The minimum atomic E-state index is -0.614. The van der Waals surface area contributed by atoms with Gasteiger partial charge in [-0.15, -0.1) is 0 Å². The predicted molar refractivity (Wildman–Crippen MR) is 86.6 cm³/mol. The minimum Gasteiger partial charge on any atom is -0.444 e. The highest BCUT2D eigenvalue weighted by Crippen LogP contribution is 2.29. The van der Waals surface area contributed by atoms with Crippen molar-refractivity contribution in [1.29, 1.82) is 0 Å². The third-order valence-corrected chi connectivity index (χ3v) is 3.68. The molecule has 8 heteroatoms. The summed E-state index contributed by atoms with van der Waals surface area (Å²) in [5.74, 6) is 0.256. The Morgan fingerprint density at radius 2 is 2.13 bits per heavy atom. The molecule has 2 aromatic rings. The smallest absolute Gasteiger partial charge is 0.408 e. The maximum atomic E-state index is 12.0. The number of halogens is 2. The van der Waals surface area contributed by atoms with Crippen LogP contribution in [0.1, 0.15) is 38.3 Å². The SMILES string of the molecule is CC(C)(C)OC(=O)NC(Cc1cccc(Cl)c1Cl)c1ncno1. The van der Waals surface area contributed by atoms with Crippen molar-refractivity contribution in [3.05, 3.63) is 46.0 Å². The summed E-state index contributed by atoms with van der Waals surface area (Å²) in [5.41, 5.74) is 0.135. The molecule has 6 nitrogen and oxygen atoms in total. The van der Waals surface area contributed by atoms with E-state index in [1.165, 1.54) is 6.33 Å². The molecule has 0 bridgehead atoms. The Morgan fingerprint density at radius 3 is 2.74 bits per heavy atom. The quantitative estimate of drug-likeness (QED) is 0.887. The number of amides is 1. The Balaban J connectivity index is 2.19. The Morgan fingerprint density at radius 1 is 1.39 bits per heavy atom. The van der Waals surface area contributed by atoms with Crippen LogP contribution in [0.25, 0.3) is 0 Å². The lowest BCUT2D eigenvalue weighted by atomic mass is 10.1. The van der Waals surface area contributed by atoms with E-state index in [0.29, 0.717) is 16.5 Å². The molecule has 1 amide bonds. The van der Waals surface area contributed by atoms with Gasteiger partial charge in [0.25, 0.3) is 0 Å². The zero-order chi connectivity index (χ0) is 17.0. The standard InChI is InChI=1S/C15H17Cl2N3O3/c1-15(2,3)22-14(21)20-11(13-18-8-19-23-13)7-9-5-4-6-10(16)12(9)17/h4-6,8,11H,7H2,1-3H3,(H,20,21). The Labute approximate surface area is 144 Å². The first-order chi connectivity index (χ1) is 10.8. The monoisotopic (exact) mass is 357 g/mol. The van der Waals surface area contributed by atoms with E-state index in [1.54, 1.807) is 32.9 Å². The highest BCUT2D eigenvalue weighted by Gasteiger charge is 2.25. The van der Waals surface area contributed by atoms with Gasteiger partial charge in [-0.2, -0.15) is 4.98 Å². The third kappa shape index (κ3) is 5.11. The molecule has 0 aliphatic heterocycles. The number of hydrogen-bond acceptors (Lipinski definition) is 5. The Bertz CT molecular complexity index is 669. The lowest BCUT2D eigenvalue weighted by molar-refractivity contribution is 0.0493. The molecule has 1 aromatic heterocycles. The van der Waals surface area contributed by atoms with E-state index in [4.69, 9.17) is 32.5 Å². The van der Waals surface area contributed by atoms with E-state index in [0.717, 1.165) is 5.56 Å². The molecule has 124 valence electrons. The molecule has 0 radical (unpaired) electrons. The Kier molecular flexibility index (Phi) is 5.49. The van der Waals surface area contributed by atoms with Crippen LogP contribution in [-0.4, -0.2) is 21.8 Å². The van der Waals surface area contributed by atoms with E-state index in [2.05, 4.69) is 15.5 Å². The maximum absolute atomic E-state index is 12.0. The van der Waals surface area contributed by atoms with Crippen LogP contribution in [0.5, 0.6) is 0 Å². The van der Waals surface area contributed by atoms with Crippen LogP contribution in [-0.2, 0) is 11.2 Å². The highest BCUT2D eigenvalue weighted by molar-refractivity contribution is 6.42. The van der Waals surface area contributed by atoms with Crippen molar-refractivity contribution in [3.63, 3.8) is 0 Å². The van der Waals surface area contributed by atoms with Crippen molar-refractivity contribution in [2.75, 3.05) is 0 Å². The van der Waals surface area contributed by atoms with Crippen LogP contribution >= 0.6 is 23.2 Å². The Hall–Kier alpha value is -1.79. The number of carbonyl (C=O) groups excluding carboxylic acids is 1. The van der Waals surface area contributed by atoms with Gasteiger partial charge in [0.15, 0.2) is 6.33 Å². The summed E-state index contributed by atoms with van der Waals surface area (Å²) < 4.78 is 10.3. The summed E-state index contributed by atoms with van der Waals surface area (Å²) in [4.78, 5) is 16.0. The summed E-state index contributed by atoms with van der Waals surface area (Å²) in [6, 6.07) is 4.70. The van der Waals surface area contributed by atoms with Crippen LogP contribution in [0.3, 0.4) is 0 Å². The number of alkyl carbamates (subject to hydrolysis) is 1. The number of nitrogens with zero attached hydrogens (tertiary/aromatic N) is 2. The second kappa shape index (κ2) is 7.19. The molecule has 1 heterocycles. The second-order valence-corrected chi connectivity index (χ2v) is 6.68. The van der Waals surface area contributed by atoms with Crippen LogP contribution < -0.4 is 5.32 Å². The van der Waals surface area contributed by atoms with Crippen molar-refractivity contribution >= 4 is 29.3 Å². The fraction of sp³-hybridized carbons (Fsp3) is 0.400. The molecule has 0 saturated carbocycles. The normalized spacial score (nSPS) is 12.7. The number of rotatable bonds is 4. The molecule has 1 N–H and O–H groups in total. The van der Waals surface area contributed by atoms with Gasteiger partial charge in [0.2, 0.25) is 5.89 Å². The average molecular weight is 358 g/mol. The summed E-state index contributed by atoms with van der Waals surface area (Å²) in [5, 5.41) is 7.14. The summed E-state index contributed by atoms with van der Waals surface area (Å²) in [6.45, 7) is 5.34. The average Bonchev–Trinajstić information content (AvgIpc) is 2.95. The maximum Gasteiger partial charge on any atom is 0.408 e. The molecular formula is C15H17Cl2N3O3. The number of aromatic nitrogens is 2. The van der Waals surface area contributed by atoms with Gasteiger partial charge in [-0.25, -0.2) is 4.79 Å². The van der Waals surface area contributed by atoms with Crippen LogP contribution in [0.15, 0.2) is 29.0 Å². The highest BCUT2D eigenvalue weighted by atomic mass is 35.5. The molecule has 0 spiro atoms. The summed E-state index contributed by atoms with van der Waals surface area (Å²) >= 11 is 12.2. The van der Waals surface area contributed by atoms with Gasteiger partial charge in [0.05, 0.1) is 10.0 Å². The molecule has 0 aliphatic rings. The number of nitrogens with one attached hydrogen (secondary N) is 1. The molecule has 1 aromatic carbocycles. The molecule has 1 atom stereocenters. The van der Waals surface area contributed by atoms with Gasteiger partial charge in [0, 0.05) is 6.42 Å². The summed E-state index contributed by atoms with van der Waals surface area (Å²) in [7, 11) is 0. The minimum absolute atomic E-state index is 0.256. The lowest BCUT2D eigenvalue weighted by Gasteiger charge is -2.22. The van der Waals surface area contributed by atoms with Crippen molar-refractivity contribution < 1.29 is 14.1 Å². The second-order valence-electron chi connectivity index (χ2n) is 5.90. The predicted octanol–water partition coefficient (Wildman–Crippen LogP) is 4.18. The van der Waals surface area contributed by atoms with Gasteiger partial charge in [0.1, 0.15) is 11.6 Å². The number of ether oxygens (including phenoxy) is 1. The van der Waals surface area contributed by atoms with Crippen LogP contribution in [0, 0.1) is 0 Å². The lowest BCUT2D eigenvalue weighted by Crippen LogP contribution is -2.36. The first kappa shape index (κ1) is 17.6. The van der Waals surface area contributed by atoms with Gasteiger partial charge in [-0.3, -0.25) is 0 Å². The topological polar surface area (TPSA) is 77.2 Å². The summed E-state index contributed by atoms with van der Waals surface area (Å²) in [6.07, 6.45) is 1.01. The van der Waals surface area contributed by atoms with Crippen LogP contribution in [0.2, 0.25) is 10.0 Å². The zero-order valence-electron chi connectivity index (χ0n) is 13.0. The van der Waals surface area contributed by atoms with Crippen molar-refractivity contribution in [2.24, 2.45) is 0 Å². The van der Waals surface area contributed by atoms with Gasteiger partial charge in [-0.1, -0.05) is 40.5 Å². The zero-order valence-corrected chi connectivity index (χ0v) is 14.5. The molecule has 0 aliphatic carbocycles. The van der Waals surface area contributed by atoms with E-state index in [-0.39, 0.29) is 5.89 Å². The largest absolute Gasteiger partial charge is 0.444 e. The molecular weight excluding hydrogens is 341 g/mol. The van der Waals surface area contributed by atoms with Gasteiger partial charge < -0.3 is 14.6 Å². The van der Waals surface area contributed by atoms with E-state index < -0.39 is 17.7 Å². The molecule has 2 rings (SSSR count). The van der Waals surface area contributed by atoms with Crippen molar-refractivity contribution in [3.8, 4) is 0 Å². The van der Waals surface area contributed by atoms with E-state index in [9.17, 15) is 4.79 Å². The number of carbonyl (C=O) groups is 1. The third-order valence-electron chi connectivity index (χ3n) is 2.82.